The SMILES string of the molecule is Cc1c(C(=O)NCCCOC2CC3CCC2(C)C3(C)C)nn(-c2ccc(Cl)cc2Cl)c1-c1ccc(Cl)cc1. The molecule has 1 heterocycles. The van der Waals surface area contributed by atoms with E-state index in [0.717, 1.165) is 35.6 Å². The van der Waals surface area contributed by atoms with Crippen LogP contribution >= 0.6 is 34.8 Å². The zero-order valence-electron chi connectivity index (χ0n) is 22.3. The van der Waals surface area contributed by atoms with Gasteiger partial charge in [0.1, 0.15) is 0 Å². The zero-order valence-corrected chi connectivity index (χ0v) is 24.6. The summed E-state index contributed by atoms with van der Waals surface area (Å²) in [6.45, 7) is 10.2. The third kappa shape index (κ3) is 4.77. The van der Waals surface area contributed by atoms with E-state index in [2.05, 4.69) is 26.1 Å². The minimum absolute atomic E-state index is 0.227. The molecule has 5 rings (SSSR count). The number of ether oxygens (including phenoxy) is 1. The van der Waals surface area contributed by atoms with Crippen molar-refractivity contribution in [2.75, 3.05) is 13.2 Å². The van der Waals surface area contributed by atoms with Gasteiger partial charge in [-0.05, 0) is 79.7 Å². The number of benzene rings is 2. The second-order valence-electron chi connectivity index (χ2n) is 11.4. The first-order valence-corrected chi connectivity index (χ1v) is 14.4. The number of carbonyl (C=O) groups excluding carboxylic acids is 1. The van der Waals surface area contributed by atoms with E-state index in [-0.39, 0.29) is 11.3 Å². The van der Waals surface area contributed by atoms with Crippen molar-refractivity contribution in [2.45, 2.75) is 59.5 Å². The predicted octanol–water partition coefficient (Wildman–Crippen LogP) is 8.16. The van der Waals surface area contributed by atoms with E-state index in [9.17, 15) is 4.79 Å². The highest BCUT2D eigenvalue weighted by atomic mass is 35.5. The van der Waals surface area contributed by atoms with Crippen LogP contribution in [0.1, 0.15) is 62.5 Å². The van der Waals surface area contributed by atoms with Gasteiger partial charge in [0.05, 0.1) is 22.5 Å². The molecule has 0 radical (unpaired) electrons. The Morgan fingerprint density at radius 2 is 1.82 bits per heavy atom. The maximum atomic E-state index is 13.2. The van der Waals surface area contributed by atoms with Crippen molar-refractivity contribution >= 4 is 40.7 Å². The first-order chi connectivity index (χ1) is 18.0. The highest BCUT2D eigenvalue weighted by molar-refractivity contribution is 6.35. The van der Waals surface area contributed by atoms with Gasteiger partial charge < -0.3 is 10.1 Å². The topological polar surface area (TPSA) is 56.1 Å². The maximum Gasteiger partial charge on any atom is 0.272 e. The fourth-order valence-electron chi connectivity index (χ4n) is 6.45. The highest BCUT2D eigenvalue weighted by Crippen LogP contribution is 2.66. The first-order valence-electron chi connectivity index (χ1n) is 13.2. The summed E-state index contributed by atoms with van der Waals surface area (Å²) in [4.78, 5) is 13.2. The Morgan fingerprint density at radius 3 is 2.45 bits per heavy atom. The number of hydrogen-bond donors (Lipinski definition) is 1. The van der Waals surface area contributed by atoms with E-state index >= 15 is 0 Å². The van der Waals surface area contributed by atoms with Gasteiger partial charge in [-0.3, -0.25) is 4.79 Å². The molecule has 2 bridgehead atoms. The minimum atomic E-state index is -0.227. The summed E-state index contributed by atoms with van der Waals surface area (Å²) in [6, 6.07) is 12.7. The summed E-state index contributed by atoms with van der Waals surface area (Å²) in [5, 5.41) is 9.32. The molecule has 1 amide bonds. The third-order valence-corrected chi connectivity index (χ3v) is 10.0. The summed E-state index contributed by atoms with van der Waals surface area (Å²) >= 11 is 18.8. The monoisotopic (exact) mass is 573 g/mol. The number of halogens is 3. The van der Waals surface area contributed by atoms with Crippen LogP contribution in [-0.2, 0) is 4.74 Å². The number of fused-ring (bicyclic) bond motifs is 2. The summed E-state index contributed by atoms with van der Waals surface area (Å²) < 4.78 is 8.05. The quantitative estimate of drug-likeness (QED) is 0.276. The van der Waals surface area contributed by atoms with Gasteiger partial charge in [0, 0.05) is 34.3 Å². The van der Waals surface area contributed by atoms with Crippen LogP contribution in [0.3, 0.4) is 0 Å². The first kappa shape index (κ1) is 27.5. The molecule has 5 nitrogen and oxygen atoms in total. The molecule has 38 heavy (non-hydrogen) atoms. The van der Waals surface area contributed by atoms with Gasteiger partial charge in [0.15, 0.2) is 5.69 Å². The smallest absolute Gasteiger partial charge is 0.272 e. The molecule has 0 saturated heterocycles. The molecule has 0 spiro atoms. The predicted molar refractivity (Wildman–Crippen MR) is 155 cm³/mol. The van der Waals surface area contributed by atoms with Gasteiger partial charge in [-0.15, -0.1) is 0 Å². The van der Waals surface area contributed by atoms with Crippen LogP contribution < -0.4 is 5.32 Å². The molecule has 2 aliphatic carbocycles. The molecule has 0 aliphatic heterocycles. The second-order valence-corrected chi connectivity index (χ2v) is 12.7. The van der Waals surface area contributed by atoms with E-state index in [0.29, 0.717) is 51.1 Å². The van der Waals surface area contributed by atoms with Crippen molar-refractivity contribution in [3.05, 3.63) is 68.8 Å². The molecule has 1 N–H and O–H groups in total. The molecular weight excluding hydrogens is 541 g/mol. The molecule has 8 heteroatoms. The van der Waals surface area contributed by atoms with Crippen LogP contribution in [0.4, 0.5) is 0 Å². The average Bonchev–Trinajstić information content (AvgIpc) is 3.39. The van der Waals surface area contributed by atoms with Crippen LogP contribution in [-0.4, -0.2) is 34.9 Å². The lowest BCUT2D eigenvalue weighted by Gasteiger charge is -2.38. The van der Waals surface area contributed by atoms with Crippen LogP contribution in [0.2, 0.25) is 15.1 Å². The Balaban J connectivity index is 1.29. The van der Waals surface area contributed by atoms with Gasteiger partial charge in [-0.1, -0.05) is 67.7 Å². The molecule has 3 aromatic rings. The molecule has 3 unspecified atom stereocenters. The van der Waals surface area contributed by atoms with Crippen LogP contribution in [0.25, 0.3) is 16.9 Å². The molecule has 2 fully saturated rings. The summed E-state index contributed by atoms with van der Waals surface area (Å²) in [7, 11) is 0. The fourth-order valence-corrected chi connectivity index (χ4v) is 7.07. The summed E-state index contributed by atoms with van der Waals surface area (Å²) in [6.07, 6.45) is 4.74. The van der Waals surface area contributed by atoms with Crippen LogP contribution in [0, 0.1) is 23.7 Å². The van der Waals surface area contributed by atoms with Crippen molar-refractivity contribution in [3.63, 3.8) is 0 Å². The largest absolute Gasteiger partial charge is 0.378 e. The lowest BCUT2D eigenvalue weighted by Crippen LogP contribution is -2.37. The molecule has 3 atom stereocenters. The van der Waals surface area contributed by atoms with E-state index in [1.165, 1.54) is 12.8 Å². The van der Waals surface area contributed by atoms with Crippen molar-refractivity contribution in [3.8, 4) is 16.9 Å². The Morgan fingerprint density at radius 1 is 1.11 bits per heavy atom. The van der Waals surface area contributed by atoms with E-state index in [1.807, 2.05) is 31.2 Å². The van der Waals surface area contributed by atoms with Crippen molar-refractivity contribution in [1.29, 1.82) is 0 Å². The number of nitrogens with one attached hydrogen (secondary N) is 1. The Labute approximate surface area is 239 Å². The number of aromatic nitrogens is 2. The standard InChI is InChI=1S/C30H34Cl3N3O2/c1-18-26(28(37)34-14-5-15-38-25-16-20-12-13-30(25,4)29(20,2)3)35-36(24-11-10-22(32)17-23(24)33)27(18)19-6-8-21(31)9-7-19/h6-11,17,20,25H,5,12-16H2,1-4H3,(H,34,37). The molecule has 2 aromatic carbocycles. The summed E-state index contributed by atoms with van der Waals surface area (Å²) in [5.74, 6) is 0.522. The fraction of sp³-hybridized carbons (Fsp3) is 0.467. The average molecular weight is 575 g/mol. The normalized spacial score (nSPS) is 23.7. The van der Waals surface area contributed by atoms with Gasteiger partial charge in [0.2, 0.25) is 0 Å². The van der Waals surface area contributed by atoms with Gasteiger partial charge in [-0.2, -0.15) is 5.10 Å². The third-order valence-electron chi connectivity index (χ3n) is 9.23. The molecular formula is C30H34Cl3N3O2. The number of amides is 1. The maximum absolute atomic E-state index is 13.2. The Kier molecular flexibility index (Phi) is 7.60. The second kappa shape index (κ2) is 10.5. The summed E-state index contributed by atoms with van der Waals surface area (Å²) in [5.41, 5.74) is 3.96. The number of carbonyl (C=O) groups is 1. The van der Waals surface area contributed by atoms with E-state index < -0.39 is 0 Å². The van der Waals surface area contributed by atoms with Crippen molar-refractivity contribution in [2.24, 2.45) is 16.7 Å². The van der Waals surface area contributed by atoms with Gasteiger partial charge >= 0.3 is 0 Å². The molecule has 2 saturated carbocycles. The Hall–Kier alpha value is -2.05. The number of rotatable bonds is 8. The zero-order chi connectivity index (χ0) is 27.2. The van der Waals surface area contributed by atoms with Crippen molar-refractivity contribution < 1.29 is 9.53 Å². The van der Waals surface area contributed by atoms with Crippen molar-refractivity contribution in [1.82, 2.24) is 15.1 Å². The minimum Gasteiger partial charge on any atom is -0.378 e. The Bertz CT molecular complexity index is 1350. The van der Waals surface area contributed by atoms with Crippen LogP contribution in [0.15, 0.2) is 42.5 Å². The van der Waals surface area contributed by atoms with Gasteiger partial charge in [0.25, 0.3) is 5.91 Å². The number of hydrogen-bond acceptors (Lipinski definition) is 3. The van der Waals surface area contributed by atoms with Gasteiger partial charge in [-0.25, -0.2) is 4.68 Å². The lowest BCUT2D eigenvalue weighted by molar-refractivity contribution is -0.0468. The highest BCUT2D eigenvalue weighted by Gasteiger charge is 2.61. The lowest BCUT2D eigenvalue weighted by atomic mass is 9.70. The van der Waals surface area contributed by atoms with E-state index in [1.54, 1.807) is 22.9 Å². The molecule has 1 aromatic heterocycles. The van der Waals surface area contributed by atoms with Crippen LogP contribution in [0.5, 0.6) is 0 Å². The molecule has 2 aliphatic rings. The number of nitrogens with zero attached hydrogens (tertiary/aromatic N) is 2. The molecule has 202 valence electrons. The van der Waals surface area contributed by atoms with E-state index in [4.69, 9.17) is 44.6 Å².